The Bertz CT molecular complexity index is 3260. The molecule has 0 bridgehead atoms. The van der Waals surface area contributed by atoms with Crippen LogP contribution in [0.15, 0.2) is 170 Å². The predicted octanol–water partition coefficient (Wildman–Crippen LogP) is 9.46. The van der Waals surface area contributed by atoms with Gasteiger partial charge in [0.15, 0.2) is 5.82 Å². The van der Waals surface area contributed by atoms with E-state index in [9.17, 15) is 27.0 Å². The van der Waals surface area contributed by atoms with Gasteiger partial charge in [0.05, 0.1) is 42.5 Å². The minimum absolute atomic E-state index is 0.0551. The molecular weight excluding hydrogens is 963 g/mol. The number of halogens is 1. The number of benzene rings is 7. The van der Waals surface area contributed by atoms with Crippen LogP contribution in [0, 0.1) is 0 Å². The summed E-state index contributed by atoms with van der Waals surface area (Å²) in [5, 5.41) is 44.0. The lowest BCUT2D eigenvalue weighted by Gasteiger charge is -2.15. The molecule has 324 valence electrons. The largest absolute Gasteiger partial charge is 0.506 e. The monoisotopic (exact) mass is 995 g/mol. The van der Waals surface area contributed by atoms with Gasteiger partial charge in [-0.3, -0.25) is 14.5 Å². The maximum atomic E-state index is 13.2. The van der Waals surface area contributed by atoms with Crippen molar-refractivity contribution in [3.63, 3.8) is 0 Å². The number of nitrogens with zero attached hydrogens (tertiary/aromatic N) is 5. The predicted molar refractivity (Wildman–Crippen MR) is 250 cm³/mol. The summed E-state index contributed by atoms with van der Waals surface area (Å²) in [5.41, 5.74) is 0.736. The van der Waals surface area contributed by atoms with E-state index in [0.29, 0.717) is 77.4 Å². The van der Waals surface area contributed by atoms with Crippen LogP contribution in [0.25, 0.3) is 21.5 Å². The zero-order chi connectivity index (χ0) is 44.7. The van der Waals surface area contributed by atoms with Gasteiger partial charge >= 0.3 is 0 Å². The van der Waals surface area contributed by atoms with E-state index in [2.05, 4.69) is 61.2 Å². The Morgan fingerprint density at radius 1 is 0.625 bits per heavy atom. The van der Waals surface area contributed by atoms with Crippen molar-refractivity contribution in [1.29, 1.82) is 0 Å². The highest BCUT2D eigenvalue weighted by Gasteiger charge is 2.21. The first-order valence-corrected chi connectivity index (χ1v) is 24.6. The zero-order valence-electron chi connectivity index (χ0n) is 33.0. The van der Waals surface area contributed by atoms with E-state index in [-0.39, 0.29) is 21.3 Å². The number of anilines is 2. The van der Waals surface area contributed by atoms with Gasteiger partial charge in [-0.15, -0.1) is 33.7 Å². The lowest BCUT2D eigenvalue weighted by molar-refractivity contribution is 0.468. The molecule has 0 spiro atoms. The molecule has 7 aromatic carbocycles. The van der Waals surface area contributed by atoms with Crippen LogP contribution in [0.1, 0.15) is 11.6 Å². The average Bonchev–Trinajstić information content (AvgIpc) is 4.04. The number of phenolic OH excluding ortho intramolecular Hbond substituents is 2. The lowest BCUT2D eigenvalue weighted by atomic mass is 10.1. The summed E-state index contributed by atoms with van der Waals surface area (Å²) in [6.07, 6.45) is 1.41. The van der Waals surface area contributed by atoms with Crippen LogP contribution in [-0.2, 0) is 31.6 Å². The van der Waals surface area contributed by atoms with E-state index in [1.165, 1.54) is 54.1 Å². The molecular formula is C43H34BrN9O7S4. The number of phenols is 2. The van der Waals surface area contributed by atoms with Crippen LogP contribution in [0.4, 0.5) is 11.4 Å². The van der Waals surface area contributed by atoms with Crippen molar-refractivity contribution in [2.24, 2.45) is 0 Å². The number of aromatic amines is 2. The molecule has 0 radical (unpaired) electrons. The number of aromatic nitrogens is 7. The summed E-state index contributed by atoms with van der Waals surface area (Å²) in [4.78, 5) is 5.31. The molecule has 0 atom stereocenters. The molecule has 0 aliphatic carbocycles. The summed E-state index contributed by atoms with van der Waals surface area (Å²) in [7, 11) is -7.72. The molecule has 6 N–H and O–H groups in total. The van der Waals surface area contributed by atoms with Crippen LogP contribution >= 0.6 is 39.5 Å². The number of tetrazole rings is 1. The Hall–Kier alpha value is -6.65. The molecule has 64 heavy (non-hydrogen) atoms. The molecule has 9 aromatic rings. The number of hydrogen-bond acceptors (Lipinski definition) is 14. The molecule has 0 aliphatic rings. The van der Waals surface area contributed by atoms with Crippen molar-refractivity contribution in [2.75, 3.05) is 9.44 Å². The quantitative estimate of drug-likeness (QED) is 0.0440. The lowest BCUT2D eigenvalue weighted by Crippen LogP contribution is -2.13. The molecule has 0 unspecified atom stereocenters. The Kier molecular flexibility index (Phi) is 13.3. The third-order valence-electron chi connectivity index (χ3n) is 9.26. The van der Waals surface area contributed by atoms with E-state index in [0.717, 1.165) is 4.47 Å². The van der Waals surface area contributed by atoms with Gasteiger partial charge in [0.1, 0.15) is 35.1 Å². The molecule has 0 saturated carbocycles. The second kappa shape index (κ2) is 19.4. The van der Waals surface area contributed by atoms with Gasteiger partial charge < -0.3 is 14.9 Å². The van der Waals surface area contributed by atoms with E-state index in [1.807, 2.05) is 30.3 Å². The fraction of sp³-hybridized carbons (Fsp3) is 0.0465. The number of aromatic hydroxyl groups is 2. The fourth-order valence-corrected chi connectivity index (χ4v) is 10.4. The van der Waals surface area contributed by atoms with Crippen LogP contribution in [0.3, 0.4) is 0 Å². The van der Waals surface area contributed by atoms with Crippen LogP contribution < -0.4 is 14.2 Å². The van der Waals surface area contributed by atoms with Crippen molar-refractivity contribution in [2.45, 2.75) is 31.1 Å². The molecule has 9 rings (SSSR count). The minimum atomic E-state index is -3.92. The second-order valence-electron chi connectivity index (χ2n) is 13.5. The van der Waals surface area contributed by atoms with Crippen LogP contribution in [-0.4, -0.2) is 62.9 Å². The van der Waals surface area contributed by atoms with Gasteiger partial charge in [0.25, 0.3) is 20.0 Å². The SMILES string of the molecule is O=S(=O)(Nc1cc(SCc2ncn[nH]2)c(O)c2ccccc12)c1ccc(Br)cc1.O=S(=O)(Nc1cc(SCc2nn[nH]n2)c(O)c2ccccc12)c1ccc(Oc2ccccc2)cc1. The van der Waals surface area contributed by atoms with Gasteiger partial charge in [-0.05, 0) is 72.8 Å². The zero-order valence-corrected chi connectivity index (χ0v) is 37.8. The summed E-state index contributed by atoms with van der Waals surface area (Å²) >= 11 is 5.91. The van der Waals surface area contributed by atoms with Gasteiger partial charge in [0, 0.05) is 26.0 Å². The minimum Gasteiger partial charge on any atom is -0.506 e. The molecule has 2 heterocycles. The summed E-state index contributed by atoms with van der Waals surface area (Å²) in [6.45, 7) is 0. The second-order valence-corrected chi connectivity index (χ2v) is 19.8. The Morgan fingerprint density at radius 2 is 1.12 bits per heavy atom. The highest BCUT2D eigenvalue weighted by Crippen LogP contribution is 2.43. The van der Waals surface area contributed by atoms with Crippen molar-refractivity contribution >= 4 is 92.4 Å². The number of rotatable bonds is 14. The maximum Gasteiger partial charge on any atom is 0.261 e. The third-order valence-corrected chi connectivity index (χ3v) is 14.6. The number of sulfonamides is 2. The first kappa shape index (κ1) is 44.0. The van der Waals surface area contributed by atoms with Crippen molar-refractivity contribution < 1.29 is 31.8 Å². The first-order valence-electron chi connectivity index (χ1n) is 18.9. The fourth-order valence-electron chi connectivity index (χ4n) is 6.22. The number of thioether (sulfide) groups is 2. The molecule has 16 nitrogen and oxygen atoms in total. The van der Waals surface area contributed by atoms with E-state index in [1.54, 1.807) is 84.9 Å². The van der Waals surface area contributed by atoms with Gasteiger partial charge in [0.2, 0.25) is 0 Å². The molecule has 0 aliphatic heterocycles. The first-order chi connectivity index (χ1) is 30.9. The van der Waals surface area contributed by atoms with Crippen molar-refractivity contribution in [3.8, 4) is 23.0 Å². The summed E-state index contributed by atoms with van der Waals surface area (Å²) in [6, 6.07) is 39.1. The maximum absolute atomic E-state index is 13.2. The van der Waals surface area contributed by atoms with Gasteiger partial charge in [-0.2, -0.15) is 10.3 Å². The van der Waals surface area contributed by atoms with Crippen molar-refractivity contribution in [1.82, 2.24) is 35.8 Å². The number of H-pyrrole nitrogens is 2. The van der Waals surface area contributed by atoms with E-state index in [4.69, 9.17) is 4.74 Å². The number of fused-ring (bicyclic) bond motifs is 2. The Labute approximate surface area is 383 Å². The van der Waals surface area contributed by atoms with Gasteiger partial charge in [-0.1, -0.05) is 87.9 Å². The van der Waals surface area contributed by atoms with Gasteiger partial charge in [-0.25, -0.2) is 21.8 Å². The molecule has 0 fully saturated rings. The summed E-state index contributed by atoms with van der Waals surface area (Å²) < 4.78 is 64.0. The molecule has 0 amide bonds. The number of nitrogens with one attached hydrogen (secondary N) is 4. The van der Waals surface area contributed by atoms with E-state index >= 15 is 0 Å². The Morgan fingerprint density at radius 3 is 1.64 bits per heavy atom. The third kappa shape index (κ3) is 10.4. The smallest absolute Gasteiger partial charge is 0.261 e. The van der Waals surface area contributed by atoms with Crippen LogP contribution in [0.5, 0.6) is 23.0 Å². The van der Waals surface area contributed by atoms with Crippen molar-refractivity contribution in [3.05, 3.63) is 162 Å². The molecule has 21 heteroatoms. The topological polar surface area (TPSA) is 238 Å². The average molecular weight is 997 g/mol. The Balaban J connectivity index is 0.000000178. The highest BCUT2D eigenvalue weighted by molar-refractivity contribution is 9.10. The number of para-hydroxylation sites is 1. The molecule has 0 saturated heterocycles. The number of hydrogen-bond donors (Lipinski definition) is 6. The molecule has 2 aromatic heterocycles. The standard InChI is InChI=1S/C24H19N5O4S2.C19H15BrN4O3S2/c30-24-20-9-5-4-8-19(20)21(14-22(24)34-15-23-25-28-29-26-23)27-35(31,32)18-12-10-17(11-13-18)33-16-6-2-1-3-7-16;20-12-5-7-13(8-6-12)29(26,27)24-16-9-17(28-10-18-21-11-22-23-18)19(25)15-4-2-1-3-14(15)16/h1-14,27,30H,15H2,(H,25,26,28,29);1-9,11,24-25H,10H2,(H,21,22,23). The normalized spacial score (nSPS) is 11.5. The highest BCUT2D eigenvalue weighted by atomic mass is 79.9. The number of ether oxygens (including phenoxy) is 1. The summed E-state index contributed by atoms with van der Waals surface area (Å²) in [5.74, 6) is 3.23. The van der Waals surface area contributed by atoms with Crippen LogP contribution in [0.2, 0.25) is 0 Å². The van der Waals surface area contributed by atoms with E-state index < -0.39 is 20.0 Å².